The number of primary amides is 1. The minimum Gasteiger partial charge on any atom is -0.508 e. The first-order chi connectivity index (χ1) is 19.7. The molecule has 3 aliphatic rings. The van der Waals surface area contributed by atoms with Gasteiger partial charge in [0.2, 0.25) is 5.78 Å². The molecule has 0 bridgehead atoms. The number of benzene rings is 1. The first-order valence-electron chi connectivity index (χ1n) is 13.8. The standard InChI is InChI=1S/C29H38N4O9/c1-6-7-8-42-28(40)31-12-14-11-17(32(2)3)15-9-13-10-16-21(33(4)5)24(36)20(27(30)39)26(38)29(16,41)25(37)18(13)23(35)19(15)22(14)34/h11,13,16,21,34-35,38,41H,6-10,12H2,1-5H3,(H2,30,39)(H,31,40)/t13-,16-,21-,29+/m1/s1. The van der Waals surface area contributed by atoms with Crippen molar-refractivity contribution in [1.82, 2.24) is 10.2 Å². The van der Waals surface area contributed by atoms with Crippen LogP contribution in [-0.4, -0.2) is 95.3 Å². The van der Waals surface area contributed by atoms with Gasteiger partial charge in [0.05, 0.1) is 18.2 Å². The van der Waals surface area contributed by atoms with Crippen molar-refractivity contribution in [3.63, 3.8) is 0 Å². The minimum atomic E-state index is -2.72. The van der Waals surface area contributed by atoms with Crippen molar-refractivity contribution in [3.8, 4) is 5.75 Å². The molecular formula is C29H38N4O9. The van der Waals surface area contributed by atoms with E-state index in [0.29, 0.717) is 17.7 Å². The van der Waals surface area contributed by atoms with Gasteiger partial charge in [0.15, 0.2) is 11.4 Å². The number of aromatic hydroxyl groups is 1. The van der Waals surface area contributed by atoms with Crippen molar-refractivity contribution in [2.45, 2.75) is 50.8 Å². The van der Waals surface area contributed by atoms with E-state index in [4.69, 9.17) is 10.5 Å². The van der Waals surface area contributed by atoms with Crippen LogP contribution in [0.5, 0.6) is 5.75 Å². The quantitative estimate of drug-likeness (QED) is 0.188. The van der Waals surface area contributed by atoms with Crippen LogP contribution in [0.2, 0.25) is 0 Å². The van der Waals surface area contributed by atoms with Gasteiger partial charge in [-0.05, 0) is 50.9 Å². The monoisotopic (exact) mass is 586 g/mol. The number of likely N-dealkylation sites (N-methyl/N-ethyl adjacent to an activating group) is 1. The van der Waals surface area contributed by atoms with Crippen LogP contribution in [0, 0.1) is 11.8 Å². The zero-order valence-electron chi connectivity index (χ0n) is 24.4. The van der Waals surface area contributed by atoms with E-state index in [-0.39, 0.29) is 48.4 Å². The second-order valence-corrected chi connectivity index (χ2v) is 11.5. The summed E-state index contributed by atoms with van der Waals surface area (Å²) in [4.78, 5) is 54.8. The minimum absolute atomic E-state index is 0.00764. The van der Waals surface area contributed by atoms with Crippen LogP contribution in [0.25, 0.3) is 5.76 Å². The number of unbranched alkanes of at least 4 members (excludes halogenated alkanes) is 1. The number of carbonyl (C=O) groups is 4. The summed E-state index contributed by atoms with van der Waals surface area (Å²) in [6, 6.07) is 0.509. The smallest absolute Gasteiger partial charge is 0.407 e. The van der Waals surface area contributed by atoms with E-state index in [1.807, 2.05) is 6.92 Å². The number of alkyl carbamates (subject to hydrolysis) is 1. The molecule has 3 aliphatic carbocycles. The van der Waals surface area contributed by atoms with Crippen LogP contribution >= 0.6 is 0 Å². The number of nitrogens with zero attached hydrogens (tertiary/aromatic N) is 2. The molecule has 13 nitrogen and oxygen atoms in total. The number of fused-ring (bicyclic) bond motifs is 3. The summed E-state index contributed by atoms with van der Waals surface area (Å²) < 4.78 is 5.11. The molecule has 1 aromatic carbocycles. The lowest BCUT2D eigenvalue weighted by molar-refractivity contribution is -0.153. The van der Waals surface area contributed by atoms with Gasteiger partial charge >= 0.3 is 6.09 Å². The van der Waals surface area contributed by atoms with Gasteiger partial charge in [-0.15, -0.1) is 0 Å². The molecule has 228 valence electrons. The highest BCUT2D eigenvalue weighted by molar-refractivity contribution is 6.24. The van der Waals surface area contributed by atoms with Gasteiger partial charge < -0.3 is 41.1 Å². The van der Waals surface area contributed by atoms with Gasteiger partial charge in [-0.1, -0.05) is 13.3 Å². The van der Waals surface area contributed by atoms with Crippen molar-refractivity contribution in [2.24, 2.45) is 17.6 Å². The zero-order valence-corrected chi connectivity index (χ0v) is 24.4. The van der Waals surface area contributed by atoms with E-state index in [2.05, 4.69) is 5.32 Å². The van der Waals surface area contributed by atoms with Gasteiger partial charge in [-0.25, -0.2) is 4.79 Å². The molecule has 4 rings (SSSR count). The van der Waals surface area contributed by atoms with Crippen LogP contribution in [0.4, 0.5) is 10.5 Å². The molecule has 0 unspecified atom stereocenters. The predicted octanol–water partition coefficient (Wildman–Crippen LogP) is 1.06. The molecule has 0 aliphatic heterocycles. The van der Waals surface area contributed by atoms with Crippen LogP contribution in [-0.2, 0) is 32.1 Å². The Hall–Kier alpha value is -4.10. The molecular weight excluding hydrogens is 548 g/mol. The summed E-state index contributed by atoms with van der Waals surface area (Å²) in [7, 11) is 6.62. The Labute approximate surface area is 243 Å². The van der Waals surface area contributed by atoms with Gasteiger partial charge in [-0.2, -0.15) is 0 Å². The average molecular weight is 587 g/mol. The summed E-state index contributed by atoms with van der Waals surface area (Å²) in [5, 5.41) is 48.1. The van der Waals surface area contributed by atoms with Crippen LogP contribution in [0.15, 0.2) is 23.0 Å². The summed E-state index contributed by atoms with van der Waals surface area (Å²) in [6.45, 7) is 2.05. The number of aliphatic hydroxyl groups excluding tert-OH is 2. The van der Waals surface area contributed by atoms with Crippen molar-refractivity contribution >= 4 is 35.0 Å². The molecule has 0 aromatic heterocycles. The number of hydrogen-bond donors (Lipinski definition) is 6. The van der Waals surface area contributed by atoms with E-state index >= 15 is 0 Å². The van der Waals surface area contributed by atoms with Crippen LogP contribution < -0.4 is 16.0 Å². The summed E-state index contributed by atoms with van der Waals surface area (Å²) >= 11 is 0. The van der Waals surface area contributed by atoms with E-state index in [1.54, 1.807) is 39.2 Å². The lowest BCUT2D eigenvalue weighted by atomic mass is 9.57. The number of ether oxygens (including phenoxy) is 1. The molecule has 1 fully saturated rings. The summed E-state index contributed by atoms with van der Waals surface area (Å²) in [5.41, 5.74) is 2.87. The molecule has 2 amide bonds. The first-order valence-corrected chi connectivity index (χ1v) is 13.8. The Kier molecular flexibility index (Phi) is 8.29. The highest BCUT2D eigenvalue weighted by Crippen LogP contribution is 2.54. The van der Waals surface area contributed by atoms with Crippen LogP contribution in [0.1, 0.15) is 42.9 Å². The number of Topliss-reactive ketones (excluding diaryl/α,β-unsaturated/α-hetero) is 2. The molecule has 4 atom stereocenters. The number of phenols is 1. The Morgan fingerprint density at radius 3 is 2.40 bits per heavy atom. The van der Waals surface area contributed by atoms with Gasteiger partial charge in [0, 0.05) is 43.4 Å². The normalized spacial score (nSPS) is 25.2. The Morgan fingerprint density at radius 1 is 1.17 bits per heavy atom. The maximum atomic E-state index is 14.0. The molecule has 0 heterocycles. The lowest BCUT2D eigenvalue weighted by Gasteiger charge is -2.50. The third kappa shape index (κ3) is 4.75. The SMILES string of the molecule is CCCCOC(=O)NCc1cc(N(C)C)c2c(c1O)C(O)=C1C(=O)[C@]3(O)C(O)=C(C(N)=O)C(=O)[C@H](N(C)C)[C@H]3C[C@H]1C2. The second-order valence-electron chi connectivity index (χ2n) is 11.5. The van der Waals surface area contributed by atoms with Gasteiger partial charge in [0.1, 0.15) is 22.8 Å². The summed E-state index contributed by atoms with van der Waals surface area (Å²) in [6.07, 6.45) is 1.01. The number of amides is 2. The maximum absolute atomic E-state index is 14.0. The fourth-order valence-corrected chi connectivity index (χ4v) is 6.41. The molecule has 13 heteroatoms. The number of anilines is 1. The van der Waals surface area contributed by atoms with Gasteiger partial charge in [0.25, 0.3) is 5.91 Å². The molecule has 0 radical (unpaired) electrons. The third-order valence-electron chi connectivity index (χ3n) is 8.41. The number of ketones is 2. The van der Waals surface area contributed by atoms with E-state index in [1.165, 1.54) is 4.90 Å². The Morgan fingerprint density at radius 2 is 1.83 bits per heavy atom. The number of nitrogens with two attached hydrogens (primary N) is 1. The largest absolute Gasteiger partial charge is 0.508 e. The topological polar surface area (TPSA) is 203 Å². The number of nitrogens with one attached hydrogen (secondary N) is 1. The first kappa shape index (κ1) is 30.8. The fourth-order valence-electron chi connectivity index (χ4n) is 6.41. The van der Waals surface area contributed by atoms with Crippen molar-refractivity contribution < 1.29 is 44.3 Å². The second kappa shape index (κ2) is 11.3. The number of aliphatic hydroxyl groups is 3. The molecule has 0 spiro atoms. The van der Waals surface area contributed by atoms with E-state index < -0.39 is 64.1 Å². The molecule has 7 N–H and O–H groups in total. The highest BCUT2D eigenvalue weighted by Gasteiger charge is 2.64. The molecule has 0 saturated heterocycles. The Bertz CT molecular complexity index is 1410. The number of hydrogen-bond acceptors (Lipinski definition) is 11. The average Bonchev–Trinajstić information content (AvgIpc) is 2.89. The van der Waals surface area contributed by atoms with E-state index in [0.717, 1.165) is 6.42 Å². The highest BCUT2D eigenvalue weighted by atomic mass is 16.5. The van der Waals surface area contributed by atoms with Crippen LogP contribution in [0.3, 0.4) is 0 Å². The molecule has 1 aromatic rings. The number of rotatable bonds is 8. The maximum Gasteiger partial charge on any atom is 0.407 e. The molecule has 1 saturated carbocycles. The van der Waals surface area contributed by atoms with E-state index in [9.17, 15) is 39.6 Å². The van der Waals surface area contributed by atoms with Crippen molar-refractivity contribution in [1.29, 1.82) is 0 Å². The Balaban J connectivity index is 1.85. The number of carbonyl (C=O) groups excluding carboxylic acids is 4. The lowest BCUT2D eigenvalue weighted by Crippen LogP contribution is -2.65. The van der Waals surface area contributed by atoms with Crippen molar-refractivity contribution in [2.75, 3.05) is 39.7 Å². The predicted molar refractivity (Wildman–Crippen MR) is 152 cm³/mol. The fraction of sp³-hybridized carbons (Fsp3) is 0.517. The van der Waals surface area contributed by atoms with Gasteiger partial charge in [-0.3, -0.25) is 19.3 Å². The van der Waals surface area contributed by atoms with Crippen molar-refractivity contribution in [3.05, 3.63) is 39.7 Å². The zero-order chi connectivity index (χ0) is 31.3. The number of phenolic OH excluding ortho intramolecular Hbond substituents is 1. The molecule has 42 heavy (non-hydrogen) atoms. The summed E-state index contributed by atoms with van der Waals surface area (Å²) in [5.74, 6) is -7.15. The third-order valence-corrected chi connectivity index (χ3v) is 8.41.